The first-order valence-electron chi connectivity index (χ1n) is 6.83. The Hall–Kier alpha value is -1.06. The van der Waals surface area contributed by atoms with Crippen LogP contribution in [0.5, 0.6) is 5.75 Å². The second-order valence-electron chi connectivity index (χ2n) is 5.12. The summed E-state index contributed by atoms with van der Waals surface area (Å²) in [5, 5.41) is 0. The van der Waals surface area contributed by atoms with E-state index in [0.717, 1.165) is 25.2 Å². The lowest BCUT2D eigenvalue weighted by Crippen LogP contribution is -2.25. The van der Waals surface area contributed by atoms with Gasteiger partial charge in [-0.2, -0.15) is 0 Å². The molecule has 2 N–H and O–H groups in total. The monoisotopic (exact) mass is 249 g/mol. The van der Waals surface area contributed by atoms with Crippen LogP contribution in [0.4, 0.5) is 0 Å². The van der Waals surface area contributed by atoms with E-state index >= 15 is 0 Å². The highest BCUT2D eigenvalue weighted by atomic mass is 16.5. The van der Waals surface area contributed by atoms with Crippen LogP contribution in [0.1, 0.15) is 31.7 Å². The number of rotatable bonds is 5. The number of hydrogen-bond acceptors (Lipinski definition) is 3. The molecule has 0 aliphatic carbocycles. The van der Waals surface area contributed by atoms with Crippen LogP contribution in [-0.4, -0.2) is 25.4 Å². The molecule has 3 nitrogen and oxygen atoms in total. The Morgan fingerprint density at radius 1 is 1.33 bits per heavy atom. The van der Waals surface area contributed by atoms with Gasteiger partial charge in [-0.15, -0.1) is 0 Å². The van der Waals surface area contributed by atoms with E-state index in [-0.39, 0.29) is 12.1 Å². The molecule has 1 saturated heterocycles. The zero-order valence-corrected chi connectivity index (χ0v) is 11.1. The fourth-order valence-electron chi connectivity index (χ4n) is 2.22. The van der Waals surface area contributed by atoms with E-state index in [4.69, 9.17) is 15.2 Å². The summed E-state index contributed by atoms with van der Waals surface area (Å²) in [5.41, 5.74) is 7.03. The highest BCUT2D eigenvalue weighted by Gasteiger charge is 2.14. The molecule has 1 aromatic carbocycles. The maximum Gasteiger partial charge on any atom is 0.119 e. The zero-order valence-electron chi connectivity index (χ0n) is 11.1. The summed E-state index contributed by atoms with van der Waals surface area (Å²) in [5.74, 6) is 0.914. The third kappa shape index (κ3) is 4.31. The topological polar surface area (TPSA) is 44.5 Å². The molecule has 0 amide bonds. The van der Waals surface area contributed by atoms with E-state index in [9.17, 15) is 0 Å². The average Bonchev–Trinajstić information content (AvgIpc) is 2.38. The van der Waals surface area contributed by atoms with Gasteiger partial charge in [-0.3, -0.25) is 0 Å². The van der Waals surface area contributed by atoms with E-state index in [0.29, 0.717) is 6.61 Å². The van der Waals surface area contributed by atoms with Gasteiger partial charge in [-0.05, 0) is 50.3 Å². The quantitative estimate of drug-likeness (QED) is 0.872. The van der Waals surface area contributed by atoms with Gasteiger partial charge in [0.1, 0.15) is 12.4 Å². The summed E-state index contributed by atoms with van der Waals surface area (Å²) in [6.07, 6.45) is 4.72. The Morgan fingerprint density at radius 2 is 2.11 bits per heavy atom. The summed E-state index contributed by atoms with van der Waals surface area (Å²) in [6, 6.07) is 8.40. The molecule has 2 atom stereocenters. The number of hydrogen-bond donors (Lipinski definition) is 1. The van der Waals surface area contributed by atoms with Gasteiger partial charge in [-0.25, -0.2) is 0 Å². The Kier molecular flexibility index (Phi) is 5.02. The highest BCUT2D eigenvalue weighted by Crippen LogP contribution is 2.17. The molecule has 0 saturated carbocycles. The van der Waals surface area contributed by atoms with Crippen molar-refractivity contribution in [2.45, 2.75) is 44.8 Å². The largest absolute Gasteiger partial charge is 0.491 e. The average molecular weight is 249 g/mol. The smallest absolute Gasteiger partial charge is 0.119 e. The van der Waals surface area contributed by atoms with Crippen molar-refractivity contribution in [1.29, 1.82) is 0 Å². The van der Waals surface area contributed by atoms with Crippen LogP contribution < -0.4 is 10.5 Å². The molecular formula is C15H23NO2. The fraction of sp³-hybridized carbons (Fsp3) is 0.600. The molecule has 1 aromatic rings. The third-order valence-electron chi connectivity index (χ3n) is 3.19. The molecule has 0 spiro atoms. The van der Waals surface area contributed by atoms with Crippen LogP contribution in [0.15, 0.2) is 24.3 Å². The van der Waals surface area contributed by atoms with Crippen molar-refractivity contribution in [3.05, 3.63) is 29.8 Å². The Balaban J connectivity index is 1.78. The van der Waals surface area contributed by atoms with E-state index < -0.39 is 0 Å². The minimum atomic E-state index is 0.201. The van der Waals surface area contributed by atoms with Crippen molar-refractivity contribution in [2.24, 2.45) is 5.73 Å². The van der Waals surface area contributed by atoms with Gasteiger partial charge >= 0.3 is 0 Å². The van der Waals surface area contributed by atoms with Crippen LogP contribution in [0, 0.1) is 0 Å². The van der Waals surface area contributed by atoms with Crippen molar-refractivity contribution in [3.63, 3.8) is 0 Å². The first-order valence-corrected chi connectivity index (χ1v) is 6.83. The van der Waals surface area contributed by atoms with Crippen molar-refractivity contribution in [2.75, 3.05) is 13.2 Å². The highest BCUT2D eigenvalue weighted by molar-refractivity contribution is 5.27. The molecule has 1 aliphatic rings. The molecular weight excluding hydrogens is 226 g/mol. The molecule has 1 heterocycles. The second-order valence-corrected chi connectivity index (χ2v) is 5.12. The number of ether oxygens (including phenoxy) is 2. The fourth-order valence-corrected chi connectivity index (χ4v) is 2.22. The minimum Gasteiger partial charge on any atom is -0.491 e. The van der Waals surface area contributed by atoms with Gasteiger partial charge in [0, 0.05) is 12.6 Å². The Labute approximate surface area is 109 Å². The standard InChI is InChI=1S/C15H23NO2/c1-12(16)10-13-5-7-14(8-6-13)18-11-15-4-2-3-9-17-15/h5-8,12,15H,2-4,9-11,16H2,1H3. The Bertz CT molecular complexity index is 342. The minimum absolute atomic E-state index is 0.201. The van der Waals surface area contributed by atoms with E-state index in [1.54, 1.807) is 0 Å². The normalized spacial score (nSPS) is 21.6. The van der Waals surface area contributed by atoms with E-state index in [2.05, 4.69) is 12.1 Å². The summed E-state index contributed by atoms with van der Waals surface area (Å²) >= 11 is 0. The molecule has 0 aromatic heterocycles. The number of nitrogens with two attached hydrogens (primary N) is 1. The maximum atomic E-state index is 5.77. The summed E-state index contributed by atoms with van der Waals surface area (Å²) in [6.45, 7) is 3.55. The Morgan fingerprint density at radius 3 is 2.72 bits per heavy atom. The van der Waals surface area contributed by atoms with Crippen molar-refractivity contribution in [3.8, 4) is 5.75 Å². The second kappa shape index (κ2) is 6.76. The summed E-state index contributed by atoms with van der Waals surface area (Å²) in [7, 11) is 0. The molecule has 1 aliphatic heterocycles. The van der Waals surface area contributed by atoms with Crippen molar-refractivity contribution < 1.29 is 9.47 Å². The first kappa shape index (κ1) is 13.4. The summed E-state index contributed by atoms with van der Waals surface area (Å²) in [4.78, 5) is 0. The first-order chi connectivity index (χ1) is 8.74. The molecule has 1 fully saturated rings. The van der Waals surface area contributed by atoms with Gasteiger partial charge in [-0.1, -0.05) is 12.1 Å². The predicted molar refractivity (Wildman–Crippen MR) is 72.9 cm³/mol. The van der Waals surface area contributed by atoms with Crippen LogP contribution in [0.25, 0.3) is 0 Å². The number of benzene rings is 1. The molecule has 18 heavy (non-hydrogen) atoms. The van der Waals surface area contributed by atoms with Gasteiger partial charge < -0.3 is 15.2 Å². The van der Waals surface area contributed by atoms with Crippen molar-refractivity contribution in [1.82, 2.24) is 0 Å². The van der Waals surface area contributed by atoms with Crippen LogP contribution >= 0.6 is 0 Å². The summed E-state index contributed by atoms with van der Waals surface area (Å²) < 4.78 is 11.4. The van der Waals surface area contributed by atoms with E-state index in [1.807, 2.05) is 19.1 Å². The van der Waals surface area contributed by atoms with Crippen LogP contribution in [0.2, 0.25) is 0 Å². The van der Waals surface area contributed by atoms with Gasteiger partial charge in [0.2, 0.25) is 0 Å². The SMILES string of the molecule is CC(N)Cc1ccc(OCC2CCCCO2)cc1. The van der Waals surface area contributed by atoms with E-state index in [1.165, 1.54) is 18.4 Å². The third-order valence-corrected chi connectivity index (χ3v) is 3.19. The molecule has 100 valence electrons. The van der Waals surface area contributed by atoms with Crippen LogP contribution in [-0.2, 0) is 11.2 Å². The van der Waals surface area contributed by atoms with Gasteiger partial charge in [0.15, 0.2) is 0 Å². The molecule has 3 heteroatoms. The molecule has 2 unspecified atom stereocenters. The molecule has 0 radical (unpaired) electrons. The van der Waals surface area contributed by atoms with Crippen molar-refractivity contribution >= 4 is 0 Å². The lowest BCUT2D eigenvalue weighted by atomic mass is 10.1. The van der Waals surface area contributed by atoms with Crippen LogP contribution in [0.3, 0.4) is 0 Å². The van der Waals surface area contributed by atoms with Gasteiger partial charge in [0.25, 0.3) is 0 Å². The molecule has 0 bridgehead atoms. The zero-order chi connectivity index (χ0) is 12.8. The molecule has 2 rings (SSSR count). The lowest BCUT2D eigenvalue weighted by Gasteiger charge is -2.22. The predicted octanol–water partition coefficient (Wildman–Crippen LogP) is 2.52. The maximum absolute atomic E-state index is 5.77. The lowest BCUT2D eigenvalue weighted by molar-refractivity contribution is -0.0110. The van der Waals surface area contributed by atoms with Gasteiger partial charge in [0.05, 0.1) is 6.10 Å².